The minimum atomic E-state index is -1.42. The summed E-state index contributed by atoms with van der Waals surface area (Å²) in [5.74, 6) is -3.01. The number of allylic oxidation sites excluding steroid dienone is 1. The van der Waals surface area contributed by atoms with Gasteiger partial charge >= 0.3 is 0 Å². The van der Waals surface area contributed by atoms with Crippen molar-refractivity contribution in [1.82, 2.24) is 0 Å². The number of hydrogen-bond acceptors (Lipinski definition) is 4. The van der Waals surface area contributed by atoms with Gasteiger partial charge in [-0.05, 0) is 0 Å². The van der Waals surface area contributed by atoms with Crippen LogP contribution in [0.4, 0.5) is 4.39 Å². The average Bonchev–Trinajstić information content (AvgIpc) is 2.32. The molecule has 0 bridgehead atoms. The van der Waals surface area contributed by atoms with E-state index in [-0.39, 0.29) is 6.42 Å². The summed E-state index contributed by atoms with van der Waals surface area (Å²) in [6, 6.07) is 0. The van der Waals surface area contributed by atoms with Crippen LogP contribution in [0.3, 0.4) is 0 Å². The molecule has 68 valence electrons. The Morgan fingerprint density at radius 3 is 2.50 bits per heavy atom. The van der Waals surface area contributed by atoms with Crippen LogP contribution in [0.25, 0.3) is 0 Å². The maximum Gasteiger partial charge on any atom is 0.201 e. The smallest absolute Gasteiger partial charge is 0.201 e. The summed E-state index contributed by atoms with van der Waals surface area (Å²) < 4.78 is 11.9. The molecule has 0 fully saturated rings. The molecule has 2 unspecified atom stereocenters. The van der Waals surface area contributed by atoms with Gasteiger partial charge in [-0.25, -0.2) is 4.39 Å². The third-order valence-electron chi connectivity index (χ3n) is 1.89. The molecule has 0 aromatic heterocycles. The molecule has 0 radical (unpaired) electrons. The Kier molecular flexibility index (Phi) is 2.32. The first-order valence-corrected chi connectivity index (χ1v) is 3.47. The molecular formula is C7H9FO4. The number of hydrogen-bond donors (Lipinski definition) is 3. The number of carbonyl (C=O) groups is 1. The van der Waals surface area contributed by atoms with Crippen LogP contribution in [0.2, 0.25) is 0 Å². The lowest BCUT2D eigenvalue weighted by atomic mass is 10.0. The van der Waals surface area contributed by atoms with Crippen LogP contribution in [-0.4, -0.2) is 33.9 Å². The van der Waals surface area contributed by atoms with Gasteiger partial charge in [-0.1, -0.05) is 0 Å². The van der Waals surface area contributed by atoms with Crippen molar-refractivity contribution in [2.24, 2.45) is 5.92 Å². The van der Waals surface area contributed by atoms with Gasteiger partial charge in [0.25, 0.3) is 0 Å². The summed E-state index contributed by atoms with van der Waals surface area (Å²) >= 11 is 0. The van der Waals surface area contributed by atoms with E-state index in [1.54, 1.807) is 0 Å². The second-order valence-electron chi connectivity index (χ2n) is 2.69. The molecule has 0 aliphatic heterocycles. The first kappa shape index (κ1) is 8.99. The Labute approximate surface area is 67.9 Å². The van der Waals surface area contributed by atoms with E-state index < -0.39 is 36.0 Å². The van der Waals surface area contributed by atoms with Gasteiger partial charge in [0.15, 0.2) is 5.76 Å². The van der Waals surface area contributed by atoms with Crippen molar-refractivity contribution in [3.8, 4) is 0 Å². The largest absolute Gasteiger partial charge is 0.508 e. The number of Topliss-reactive ketones (excluding diaryl/α,β-unsaturated/α-hetero) is 1. The number of halogens is 1. The number of carbonyl (C=O) groups excluding carboxylic acids is 1. The molecule has 1 rings (SSSR count). The van der Waals surface area contributed by atoms with Gasteiger partial charge < -0.3 is 15.3 Å². The molecule has 3 N–H and O–H groups in total. The highest BCUT2D eigenvalue weighted by Gasteiger charge is 2.36. The lowest BCUT2D eigenvalue weighted by molar-refractivity contribution is -0.118. The highest BCUT2D eigenvalue weighted by molar-refractivity contribution is 5.96. The summed E-state index contributed by atoms with van der Waals surface area (Å²) in [7, 11) is 0. The number of aliphatic hydroxyl groups excluding tert-OH is 3. The van der Waals surface area contributed by atoms with Crippen molar-refractivity contribution in [3.63, 3.8) is 0 Å². The first-order valence-electron chi connectivity index (χ1n) is 3.47. The molecule has 0 heterocycles. The Bertz CT molecular complexity index is 236. The number of ketones is 1. The van der Waals surface area contributed by atoms with E-state index in [2.05, 4.69) is 0 Å². The maximum absolute atomic E-state index is 11.9. The molecule has 0 spiro atoms. The molecule has 0 saturated carbocycles. The molecule has 0 amide bonds. The minimum Gasteiger partial charge on any atom is -0.508 e. The number of aliphatic hydroxyl groups is 3. The third kappa shape index (κ3) is 1.27. The van der Waals surface area contributed by atoms with Gasteiger partial charge in [-0.15, -0.1) is 0 Å². The molecule has 0 aromatic carbocycles. The van der Waals surface area contributed by atoms with E-state index >= 15 is 0 Å². The average molecular weight is 175 g/mol. The van der Waals surface area contributed by atoms with E-state index in [1.807, 2.05) is 0 Å². The van der Waals surface area contributed by atoms with Crippen molar-refractivity contribution in [2.75, 3.05) is 6.67 Å². The van der Waals surface area contributed by atoms with E-state index in [4.69, 9.17) is 15.3 Å². The molecule has 12 heavy (non-hydrogen) atoms. The highest BCUT2D eigenvalue weighted by atomic mass is 18.2. The molecule has 1 aliphatic carbocycles. The lowest BCUT2D eigenvalue weighted by Gasteiger charge is -2.12. The predicted octanol–water partition coefficient (Wildman–Crippen LogP) is 0.233. The zero-order chi connectivity index (χ0) is 9.30. The van der Waals surface area contributed by atoms with E-state index in [1.165, 1.54) is 0 Å². The van der Waals surface area contributed by atoms with Gasteiger partial charge in [0.2, 0.25) is 5.78 Å². The van der Waals surface area contributed by atoms with Crippen molar-refractivity contribution in [1.29, 1.82) is 0 Å². The fraction of sp³-hybridized carbons (Fsp3) is 0.571. The van der Waals surface area contributed by atoms with Crippen LogP contribution >= 0.6 is 0 Å². The predicted molar refractivity (Wildman–Crippen MR) is 37.4 cm³/mol. The topological polar surface area (TPSA) is 77.8 Å². The summed E-state index contributed by atoms with van der Waals surface area (Å²) in [6.45, 7) is -1.05. The molecule has 4 nitrogen and oxygen atoms in total. The van der Waals surface area contributed by atoms with Gasteiger partial charge in [0.1, 0.15) is 12.4 Å². The number of rotatable bonds is 2. The zero-order valence-electron chi connectivity index (χ0n) is 6.20. The molecule has 0 aromatic rings. The van der Waals surface area contributed by atoms with E-state index in [0.29, 0.717) is 0 Å². The van der Waals surface area contributed by atoms with Gasteiger partial charge in [0, 0.05) is 6.42 Å². The summed E-state index contributed by atoms with van der Waals surface area (Å²) in [5, 5.41) is 26.8. The van der Waals surface area contributed by atoms with Crippen LogP contribution in [0.1, 0.15) is 6.42 Å². The Morgan fingerprint density at radius 1 is 1.58 bits per heavy atom. The minimum absolute atomic E-state index is 0.233. The van der Waals surface area contributed by atoms with Crippen molar-refractivity contribution in [3.05, 3.63) is 11.5 Å². The van der Waals surface area contributed by atoms with Gasteiger partial charge in [-0.3, -0.25) is 4.79 Å². The maximum atomic E-state index is 11.9. The fourth-order valence-corrected chi connectivity index (χ4v) is 1.14. The van der Waals surface area contributed by atoms with Crippen LogP contribution in [0.5, 0.6) is 0 Å². The third-order valence-corrected chi connectivity index (χ3v) is 1.89. The van der Waals surface area contributed by atoms with Crippen LogP contribution in [0.15, 0.2) is 11.5 Å². The second-order valence-corrected chi connectivity index (χ2v) is 2.69. The van der Waals surface area contributed by atoms with Crippen LogP contribution in [-0.2, 0) is 4.79 Å². The summed E-state index contributed by atoms with van der Waals surface area (Å²) in [6.07, 6.45) is -1.65. The zero-order valence-corrected chi connectivity index (χ0v) is 6.20. The normalized spacial score (nSPS) is 26.5. The SMILES string of the molecule is O=C1CC(C(O)C[18F])C(O)=C1O. The fourth-order valence-electron chi connectivity index (χ4n) is 1.14. The molecular weight excluding hydrogens is 166 g/mol. The van der Waals surface area contributed by atoms with Crippen molar-refractivity contribution < 1.29 is 24.5 Å². The highest BCUT2D eigenvalue weighted by Crippen LogP contribution is 2.28. The van der Waals surface area contributed by atoms with Crippen LogP contribution in [0, 0.1) is 5.92 Å². The summed E-state index contributed by atoms with van der Waals surface area (Å²) in [4.78, 5) is 10.7. The Morgan fingerprint density at radius 2 is 2.17 bits per heavy atom. The monoisotopic (exact) mass is 175 g/mol. The van der Waals surface area contributed by atoms with E-state index in [0.717, 1.165) is 0 Å². The number of alkyl halides is 1. The lowest BCUT2D eigenvalue weighted by Crippen LogP contribution is -2.22. The van der Waals surface area contributed by atoms with E-state index in [9.17, 15) is 9.18 Å². The van der Waals surface area contributed by atoms with Crippen molar-refractivity contribution in [2.45, 2.75) is 12.5 Å². The van der Waals surface area contributed by atoms with Crippen LogP contribution < -0.4 is 0 Å². The molecule has 0 saturated heterocycles. The second kappa shape index (κ2) is 3.10. The van der Waals surface area contributed by atoms with Gasteiger partial charge in [0.05, 0.1) is 12.0 Å². The Hall–Kier alpha value is -1.10. The van der Waals surface area contributed by atoms with Gasteiger partial charge in [-0.2, -0.15) is 0 Å². The van der Waals surface area contributed by atoms with Crippen molar-refractivity contribution >= 4 is 5.78 Å². The quantitative estimate of drug-likeness (QED) is 0.561. The first-order chi connectivity index (χ1) is 5.57. The standard InChI is InChI=1S/C7H9FO4/c8-2-5(10)3-1-4(9)7(12)6(3)11/h3,5,10-12H,1-2H2/i8-1. The summed E-state index contributed by atoms with van der Waals surface area (Å²) in [5.41, 5.74) is 0. The molecule has 1 aliphatic rings. The molecule has 2 atom stereocenters. The Balaban J connectivity index is 2.80. The molecule has 5 heteroatoms.